The summed E-state index contributed by atoms with van der Waals surface area (Å²) in [7, 11) is 0. The molecule has 2 N–H and O–H groups in total. The molecule has 8 heteroatoms. The fourth-order valence-electron chi connectivity index (χ4n) is 4.04. The molecule has 0 spiro atoms. The minimum absolute atomic E-state index is 0.391. The lowest BCUT2D eigenvalue weighted by Gasteiger charge is -2.28. The summed E-state index contributed by atoms with van der Waals surface area (Å²) < 4.78 is 0. The third-order valence-corrected chi connectivity index (χ3v) is 6.37. The zero-order valence-corrected chi connectivity index (χ0v) is 19.2. The third kappa shape index (κ3) is 4.31. The van der Waals surface area contributed by atoms with Crippen molar-refractivity contribution in [3.63, 3.8) is 0 Å². The van der Waals surface area contributed by atoms with Gasteiger partial charge in [-0.3, -0.25) is 0 Å². The van der Waals surface area contributed by atoms with E-state index in [1.807, 2.05) is 24.7 Å². The van der Waals surface area contributed by atoms with Gasteiger partial charge < -0.3 is 15.2 Å². The Balaban J connectivity index is 1.55. The number of aromatic nitrogens is 3. The van der Waals surface area contributed by atoms with Crippen LogP contribution in [0.15, 0.2) is 55.0 Å². The topological polar surface area (TPSA) is 80.6 Å². The number of pyridine rings is 2. The average molecular weight is 475 g/mol. The summed E-state index contributed by atoms with van der Waals surface area (Å²) in [6.07, 6.45) is 7.31. The van der Waals surface area contributed by atoms with Gasteiger partial charge in [-0.15, -0.1) is 0 Å². The monoisotopic (exact) mass is 474 g/mol. The van der Waals surface area contributed by atoms with Crippen LogP contribution >= 0.6 is 23.2 Å². The summed E-state index contributed by atoms with van der Waals surface area (Å²) in [5.41, 5.74) is 4.51. The Kier molecular flexibility index (Phi) is 6.01. The van der Waals surface area contributed by atoms with Crippen LogP contribution in [-0.4, -0.2) is 41.1 Å². The predicted molar refractivity (Wildman–Crippen MR) is 134 cm³/mol. The highest BCUT2D eigenvalue weighted by Gasteiger charge is 2.15. The largest absolute Gasteiger partial charge is 0.354 e. The summed E-state index contributed by atoms with van der Waals surface area (Å²) in [6, 6.07) is 13.6. The number of halogens is 2. The second kappa shape index (κ2) is 9.24. The molecule has 33 heavy (non-hydrogen) atoms. The van der Waals surface area contributed by atoms with Crippen molar-refractivity contribution in [2.75, 3.05) is 31.1 Å². The van der Waals surface area contributed by atoms with Gasteiger partial charge in [0.25, 0.3) is 0 Å². The molecular weight excluding hydrogens is 455 g/mol. The van der Waals surface area contributed by atoms with E-state index in [9.17, 15) is 5.26 Å². The smallest absolute Gasteiger partial charge is 0.137 e. The quantitative estimate of drug-likeness (QED) is 0.386. The first-order valence-electron chi connectivity index (χ1n) is 10.6. The number of piperazine rings is 1. The van der Waals surface area contributed by atoms with E-state index < -0.39 is 0 Å². The van der Waals surface area contributed by atoms with E-state index >= 15 is 0 Å². The molecule has 0 radical (unpaired) electrons. The number of nitrogens with zero attached hydrogens (tertiary/aromatic N) is 4. The van der Waals surface area contributed by atoms with Crippen LogP contribution in [0, 0.1) is 11.3 Å². The van der Waals surface area contributed by atoms with E-state index in [0.29, 0.717) is 21.2 Å². The zero-order chi connectivity index (χ0) is 22.8. The Labute approximate surface area is 201 Å². The lowest BCUT2D eigenvalue weighted by Crippen LogP contribution is -2.43. The number of fused-ring (bicyclic) bond motifs is 1. The van der Waals surface area contributed by atoms with Crippen LogP contribution in [0.4, 0.5) is 5.82 Å². The number of allylic oxidation sites excluding steroid dienone is 1. The van der Waals surface area contributed by atoms with Crippen LogP contribution in [0.2, 0.25) is 10.0 Å². The summed E-state index contributed by atoms with van der Waals surface area (Å²) >= 11 is 12.7. The Hall–Kier alpha value is -3.37. The van der Waals surface area contributed by atoms with Gasteiger partial charge in [-0.2, -0.15) is 5.26 Å². The van der Waals surface area contributed by atoms with Crippen LogP contribution < -0.4 is 10.2 Å². The summed E-state index contributed by atoms with van der Waals surface area (Å²) in [4.78, 5) is 14.6. The maximum atomic E-state index is 9.81. The summed E-state index contributed by atoms with van der Waals surface area (Å²) in [6.45, 7) is 3.77. The van der Waals surface area contributed by atoms with Crippen molar-refractivity contribution in [3.05, 3.63) is 76.2 Å². The van der Waals surface area contributed by atoms with Gasteiger partial charge in [0.1, 0.15) is 11.5 Å². The van der Waals surface area contributed by atoms with Crippen molar-refractivity contribution in [3.8, 4) is 17.2 Å². The highest BCUT2D eigenvalue weighted by atomic mass is 35.5. The first-order chi connectivity index (χ1) is 16.1. The highest BCUT2D eigenvalue weighted by molar-refractivity contribution is 6.38. The van der Waals surface area contributed by atoms with Crippen molar-refractivity contribution < 1.29 is 0 Å². The fourth-order valence-corrected chi connectivity index (χ4v) is 4.64. The number of aromatic amines is 1. The van der Waals surface area contributed by atoms with Gasteiger partial charge in [-0.25, -0.2) is 9.97 Å². The summed E-state index contributed by atoms with van der Waals surface area (Å²) in [5, 5.41) is 15.0. The molecule has 0 amide bonds. The molecule has 5 rings (SSSR count). The maximum Gasteiger partial charge on any atom is 0.137 e. The normalized spacial score (nSPS) is 14.5. The molecule has 0 unspecified atom stereocenters. The molecule has 0 aliphatic carbocycles. The summed E-state index contributed by atoms with van der Waals surface area (Å²) in [5.74, 6) is 0.961. The standard InChI is InChI=1S/C25H20Cl2N6/c26-21-2-1-3-22(27)24(21)17(13-28)10-19-15-32-25-20(19)11-18(14-31-25)16-4-5-30-23(12-16)33-8-6-29-7-9-33/h1-5,10-12,14-15,29H,6-9H2,(H,31,32). The van der Waals surface area contributed by atoms with Crippen molar-refractivity contribution >= 4 is 51.7 Å². The van der Waals surface area contributed by atoms with Gasteiger partial charge in [-0.1, -0.05) is 29.3 Å². The van der Waals surface area contributed by atoms with E-state index in [4.69, 9.17) is 23.2 Å². The molecule has 4 aromatic rings. The molecule has 1 fully saturated rings. The highest BCUT2D eigenvalue weighted by Crippen LogP contribution is 2.34. The van der Waals surface area contributed by atoms with Crippen LogP contribution in [-0.2, 0) is 0 Å². The molecule has 3 aromatic heterocycles. The number of H-pyrrole nitrogens is 1. The zero-order valence-electron chi connectivity index (χ0n) is 17.6. The van der Waals surface area contributed by atoms with Gasteiger partial charge in [0.15, 0.2) is 0 Å². The van der Waals surface area contributed by atoms with E-state index in [1.165, 1.54) is 0 Å². The van der Waals surface area contributed by atoms with Crippen LogP contribution in [0.1, 0.15) is 11.1 Å². The van der Waals surface area contributed by atoms with Gasteiger partial charge >= 0.3 is 0 Å². The van der Waals surface area contributed by atoms with E-state index in [1.54, 1.807) is 24.3 Å². The van der Waals surface area contributed by atoms with Crippen LogP contribution in [0.25, 0.3) is 33.8 Å². The minimum atomic E-state index is 0.391. The molecule has 1 aliphatic heterocycles. The second-order valence-corrected chi connectivity index (χ2v) is 8.58. The molecule has 1 aromatic carbocycles. The van der Waals surface area contributed by atoms with Crippen molar-refractivity contribution in [2.45, 2.75) is 0 Å². The first kappa shape index (κ1) is 21.5. The predicted octanol–water partition coefficient (Wildman–Crippen LogP) is 5.41. The fraction of sp³-hybridized carbons (Fsp3) is 0.160. The molecule has 0 atom stereocenters. The average Bonchev–Trinajstić information content (AvgIpc) is 3.26. The van der Waals surface area contributed by atoms with Crippen LogP contribution in [0.3, 0.4) is 0 Å². The Bertz CT molecular complexity index is 1380. The number of anilines is 1. The molecule has 0 bridgehead atoms. The number of benzene rings is 1. The van der Waals surface area contributed by atoms with Gasteiger partial charge in [-0.05, 0) is 42.0 Å². The molecule has 1 aliphatic rings. The van der Waals surface area contributed by atoms with E-state index in [0.717, 1.165) is 59.7 Å². The van der Waals surface area contributed by atoms with Crippen molar-refractivity contribution in [1.29, 1.82) is 5.26 Å². The second-order valence-electron chi connectivity index (χ2n) is 7.77. The first-order valence-corrected chi connectivity index (χ1v) is 11.3. The minimum Gasteiger partial charge on any atom is -0.354 e. The van der Waals surface area contributed by atoms with Crippen molar-refractivity contribution in [1.82, 2.24) is 20.3 Å². The molecule has 4 heterocycles. The number of nitrogens with one attached hydrogen (secondary N) is 2. The third-order valence-electron chi connectivity index (χ3n) is 5.74. The van der Waals surface area contributed by atoms with Gasteiger partial charge in [0.2, 0.25) is 0 Å². The van der Waals surface area contributed by atoms with Crippen molar-refractivity contribution in [2.24, 2.45) is 0 Å². The lowest BCUT2D eigenvalue weighted by atomic mass is 10.0. The Morgan fingerprint density at radius 1 is 1.06 bits per heavy atom. The number of hydrogen-bond donors (Lipinski definition) is 2. The lowest BCUT2D eigenvalue weighted by molar-refractivity contribution is 0.585. The van der Waals surface area contributed by atoms with Crippen LogP contribution in [0.5, 0.6) is 0 Å². The number of rotatable bonds is 4. The molecule has 6 nitrogen and oxygen atoms in total. The molecule has 0 saturated carbocycles. The molecule has 164 valence electrons. The van der Waals surface area contributed by atoms with Gasteiger partial charge in [0.05, 0.1) is 21.7 Å². The molecular formula is C25H20Cl2N6. The van der Waals surface area contributed by atoms with Gasteiger partial charge in [0, 0.05) is 66.8 Å². The molecule has 1 saturated heterocycles. The number of nitriles is 1. The Morgan fingerprint density at radius 2 is 1.85 bits per heavy atom. The SMILES string of the molecule is N#CC(=Cc1c[nH]c2ncc(-c3ccnc(N4CCNCC4)c3)cc12)c1c(Cl)cccc1Cl. The number of hydrogen-bond acceptors (Lipinski definition) is 5. The maximum absolute atomic E-state index is 9.81. The Morgan fingerprint density at radius 3 is 2.61 bits per heavy atom. The van der Waals surface area contributed by atoms with E-state index in [-0.39, 0.29) is 0 Å². The van der Waals surface area contributed by atoms with E-state index in [2.05, 4.69) is 43.4 Å².